The Bertz CT molecular complexity index is 1300. The van der Waals surface area contributed by atoms with Gasteiger partial charge in [0.1, 0.15) is 17.3 Å². The average Bonchev–Trinajstić information content (AvgIpc) is 2.86. The molecule has 5 rings (SSSR count). The molecule has 2 amide bonds. The van der Waals surface area contributed by atoms with Crippen LogP contribution >= 0.6 is 0 Å². The summed E-state index contributed by atoms with van der Waals surface area (Å²) in [5.74, 6) is -0.0427. The van der Waals surface area contributed by atoms with E-state index < -0.39 is 11.7 Å². The molecule has 174 valence electrons. The number of carbonyl (C=O) groups is 2. The van der Waals surface area contributed by atoms with E-state index in [0.29, 0.717) is 30.9 Å². The molecular weight excluding hydrogens is 437 g/mol. The standard InChI is InChI=1S/C26H24FN3O4/c1-34-21-8-4-18(5-9-21)25(32)29-13-16-12-19(15-29)23-11-10-22(26(33)30(23)14-16)28-24(31)17-2-6-20(27)7-3-17/h2-11,16,19H,12-15H2,1H3,(H,28,31). The van der Waals surface area contributed by atoms with Gasteiger partial charge in [0.15, 0.2) is 0 Å². The van der Waals surface area contributed by atoms with E-state index in [1.807, 2.05) is 11.0 Å². The SMILES string of the molecule is COc1ccc(C(=O)N2CC3CC(C2)c2ccc(NC(=O)c4ccc(F)cc4)c(=O)n2C3)cc1. The molecule has 3 heterocycles. The summed E-state index contributed by atoms with van der Waals surface area (Å²) >= 11 is 0. The van der Waals surface area contributed by atoms with Gasteiger partial charge in [0.25, 0.3) is 17.4 Å². The minimum absolute atomic E-state index is 0.0312. The summed E-state index contributed by atoms with van der Waals surface area (Å²) in [6.07, 6.45) is 0.910. The van der Waals surface area contributed by atoms with Gasteiger partial charge in [-0.15, -0.1) is 0 Å². The number of nitrogens with zero attached hydrogens (tertiary/aromatic N) is 2. The fraction of sp³-hybridized carbons (Fsp3) is 0.269. The minimum Gasteiger partial charge on any atom is -0.497 e. The van der Waals surface area contributed by atoms with Crippen molar-refractivity contribution < 1.29 is 18.7 Å². The van der Waals surface area contributed by atoms with Crippen LogP contribution in [-0.2, 0) is 6.54 Å². The molecular formula is C26H24FN3O4. The van der Waals surface area contributed by atoms with Crippen LogP contribution in [0.15, 0.2) is 65.5 Å². The van der Waals surface area contributed by atoms with Crippen LogP contribution in [0.5, 0.6) is 5.75 Å². The number of anilines is 1. The third-order valence-electron chi connectivity index (χ3n) is 6.58. The van der Waals surface area contributed by atoms with Crippen molar-refractivity contribution in [2.75, 3.05) is 25.5 Å². The highest BCUT2D eigenvalue weighted by Crippen LogP contribution is 2.36. The fourth-order valence-corrected chi connectivity index (χ4v) is 4.92. The number of likely N-dealkylation sites (tertiary alicyclic amines) is 1. The monoisotopic (exact) mass is 461 g/mol. The highest BCUT2D eigenvalue weighted by molar-refractivity contribution is 6.04. The van der Waals surface area contributed by atoms with Gasteiger partial charge >= 0.3 is 0 Å². The molecule has 0 aliphatic carbocycles. The molecule has 34 heavy (non-hydrogen) atoms. The number of hydrogen-bond donors (Lipinski definition) is 1. The Morgan fingerprint density at radius 2 is 1.65 bits per heavy atom. The maximum Gasteiger partial charge on any atom is 0.274 e. The van der Waals surface area contributed by atoms with Crippen LogP contribution in [0.3, 0.4) is 0 Å². The van der Waals surface area contributed by atoms with Crippen LogP contribution in [0.2, 0.25) is 0 Å². The first-order chi connectivity index (χ1) is 16.4. The number of amides is 2. The molecule has 2 aliphatic heterocycles. The van der Waals surface area contributed by atoms with Gasteiger partial charge in [-0.25, -0.2) is 4.39 Å². The average molecular weight is 461 g/mol. The Morgan fingerprint density at radius 1 is 0.941 bits per heavy atom. The van der Waals surface area contributed by atoms with E-state index in [-0.39, 0.29) is 34.6 Å². The van der Waals surface area contributed by atoms with E-state index in [2.05, 4.69) is 5.32 Å². The van der Waals surface area contributed by atoms with Crippen molar-refractivity contribution in [1.29, 1.82) is 0 Å². The number of hydrogen-bond acceptors (Lipinski definition) is 4. The summed E-state index contributed by atoms with van der Waals surface area (Å²) in [5, 5.41) is 2.65. The van der Waals surface area contributed by atoms with Crippen LogP contribution in [0.1, 0.15) is 38.7 Å². The molecule has 1 N–H and O–H groups in total. The molecule has 2 bridgehead atoms. The van der Waals surface area contributed by atoms with E-state index in [1.54, 1.807) is 42.0 Å². The zero-order valence-electron chi connectivity index (χ0n) is 18.7. The Balaban J connectivity index is 1.35. The molecule has 2 aromatic carbocycles. The summed E-state index contributed by atoms with van der Waals surface area (Å²) < 4.78 is 20.0. The first-order valence-electron chi connectivity index (χ1n) is 11.2. The van der Waals surface area contributed by atoms with Crippen LogP contribution in [0.4, 0.5) is 10.1 Å². The number of rotatable bonds is 4. The second-order valence-corrected chi connectivity index (χ2v) is 8.79. The van der Waals surface area contributed by atoms with Crippen molar-refractivity contribution in [2.45, 2.75) is 18.9 Å². The maximum absolute atomic E-state index is 13.2. The molecule has 0 radical (unpaired) electrons. The number of ether oxygens (including phenoxy) is 1. The first-order valence-corrected chi connectivity index (χ1v) is 11.2. The second kappa shape index (κ2) is 8.78. The molecule has 0 saturated carbocycles. The second-order valence-electron chi connectivity index (χ2n) is 8.79. The lowest BCUT2D eigenvalue weighted by atomic mass is 9.83. The molecule has 1 saturated heterocycles. The normalized spacial score (nSPS) is 18.7. The first kappa shape index (κ1) is 21.9. The van der Waals surface area contributed by atoms with Gasteiger partial charge in [-0.05, 0) is 73.0 Å². The number of nitrogens with one attached hydrogen (secondary N) is 1. The molecule has 2 unspecified atom stereocenters. The molecule has 2 aliphatic rings. The van der Waals surface area contributed by atoms with Crippen LogP contribution in [0.25, 0.3) is 0 Å². The van der Waals surface area contributed by atoms with Crippen molar-refractivity contribution >= 4 is 17.5 Å². The molecule has 3 aromatic rings. The van der Waals surface area contributed by atoms with Gasteiger partial charge in [-0.2, -0.15) is 0 Å². The van der Waals surface area contributed by atoms with E-state index in [4.69, 9.17) is 4.74 Å². The summed E-state index contributed by atoms with van der Waals surface area (Å²) in [4.78, 5) is 40.6. The van der Waals surface area contributed by atoms with Crippen LogP contribution in [0, 0.1) is 11.7 Å². The zero-order chi connectivity index (χ0) is 23.8. The Kier molecular flexibility index (Phi) is 5.65. The molecule has 1 aromatic heterocycles. The highest BCUT2D eigenvalue weighted by Gasteiger charge is 2.37. The van der Waals surface area contributed by atoms with Gasteiger partial charge in [0.2, 0.25) is 0 Å². The number of pyridine rings is 1. The summed E-state index contributed by atoms with van der Waals surface area (Å²) in [6.45, 7) is 1.58. The van der Waals surface area contributed by atoms with Crippen molar-refractivity contribution in [3.63, 3.8) is 0 Å². The number of benzene rings is 2. The van der Waals surface area contributed by atoms with Gasteiger partial charge in [0.05, 0.1) is 7.11 Å². The maximum atomic E-state index is 13.2. The molecule has 8 heteroatoms. The van der Waals surface area contributed by atoms with E-state index >= 15 is 0 Å². The predicted molar refractivity (Wildman–Crippen MR) is 125 cm³/mol. The number of methoxy groups -OCH3 is 1. The van der Waals surface area contributed by atoms with Gasteiger partial charge in [-0.1, -0.05) is 0 Å². The summed E-state index contributed by atoms with van der Waals surface area (Å²) in [5.41, 5.74) is 1.67. The summed E-state index contributed by atoms with van der Waals surface area (Å²) in [6, 6.07) is 15.7. The fourth-order valence-electron chi connectivity index (χ4n) is 4.92. The highest BCUT2D eigenvalue weighted by atomic mass is 19.1. The number of carbonyl (C=O) groups excluding carboxylic acids is 2. The van der Waals surface area contributed by atoms with Crippen LogP contribution < -0.4 is 15.6 Å². The van der Waals surface area contributed by atoms with Crippen LogP contribution in [-0.4, -0.2) is 41.5 Å². The Morgan fingerprint density at radius 3 is 2.35 bits per heavy atom. The molecule has 0 spiro atoms. The van der Waals surface area contributed by atoms with E-state index in [0.717, 1.165) is 12.1 Å². The largest absolute Gasteiger partial charge is 0.497 e. The quantitative estimate of drug-likeness (QED) is 0.645. The molecule has 7 nitrogen and oxygen atoms in total. The minimum atomic E-state index is -0.468. The lowest BCUT2D eigenvalue weighted by Crippen LogP contribution is -2.49. The Hall–Kier alpha value is -3.94. The van der Waals surface area contributed by atoms with E-state index in [1.165, 1.54) is 24.3 Å². The third-order valence-corrected chi connectivity index (χ3v) is 6.58. The van der Waals surface area contributed by atoms with Gasteiger partial charge in [0, 0.05) is 42.4 Å². The molecule has 2 atom stereocenters. The number of aromatic nitrogens is 1. The van der Waals surface area contributed by atoms with Crippen molar-refractivity contribution in [3.8, 4) is 5.75 Å². The van der Waals surface area contributed by atoms with Gasteiger partial charge < -0.3 is 19.5 Å². The smallest absolute Gasteiger partial charge is 0.274 e. The number of halogens is 1. The predicted octanol–water partition coefficient (Wildman–Crippen LogP) is 3.51. The number of piperidine rings is 1. The van der Waals surface area contributed by atoms with Crippen molar-refractivity contribution in [1.82, 2.24) is 9.47 Å². The molecule has 1 fully saturated rings. The van der Waals surface area contributed by atoms with E-state index in [9.17, 15) is 18.8 Å². The summed E-state index contributed by atoms with van der Waals surface area (Å²) in [7, 11) is 1.58. The third kappa shape index (κ3) is 4.07. The van der Waals surface area contributed by atoms with Crippen molar-refractivity contribution in [3.05, 3.63) is 93.7 Å². The van der Waals surface area contributed by atoms with Gasteiger partial charge in [-0.3, -0.25) is 14.4 Å². The lowest BCUT2D eigenvalue weighted by Gasteiger charge is -2.43. The zero-order valence-corrected chi connectivity index (χ0v) is 18.7. The lowest BCUT2D eigenvalue weighted by molar-refractivity contribution is 0.0594. The number of fused-ring (bicyclic) bond motifs is 4. The Labute approximate surface area is 195 Å². The van der Waals surface area contributed by atoms with Crippen molar-refractivity contribution in [2.24, 2.45) is 5.92 Å². The topological polar surface area (TPSA) is 80.6 Å².